The van der Waals surface area contributed by atoms with Crippen LogP contribution in [0.2, 0.25) is 0 Å². The standard InChI is InChI=1S/C26H24N2O2S/c1-31(30)28(26-16-8-10-19-9-2-3-11-21(19)26)18-20(29)17-27-24-14-6-4-12-22(24)23-13-5-7-15-25(23)27/h2-16,20,29H,17-18H2,1H3. The van der Waals surface area contributed by atoms with Gasteiger partial charge in [0.2, 0.25) is 0 Å². The second-order valence-electron chi connectivity index (χ2n) is 7.78. The molecule has 0 aliphatic rings. The van der Waals surface area contributed by atoms with Crippen molar-refractivity contribution in [3.05, 3.63) is 91.0 Å². The van der Waals surface area contributed by atoms with E-state index in [1.54, 1.807) is 10.6 Å². The van der Waals surface area contributed by atoms with Gasteiger partial charge in [-0.1, -0.05) is 72.8 Å². The third kappa shape index (κ3) is 3.65. The lowest BCUT2D eigenvalue weighted by Gasteiger charge is -2.27. The van der Waals surface area contributed by atoms with Gasteiger partial charge in [-0.05, 0) is 23.6 Å². The summed E-state index contributed by atoms with van der Waals surface area (Å²) in [5, 5.41) is 15.6. The molecule has 0 amide bonds. The van der Waals surface area contributed by atoms with Gasteiger partial charge in [-0.3, -0.25) is 0 Å². The summed E-state index contributed by atoms with van der Waals surface area (Å²) < 4.78 is 16.6. The highest BCUT2D eigenvalue weighted by Crippen LogP contribution is 2.31. The first-order chi connectivity index (χ1) is 15.1. The number of nitrogens with zero attached hydrogens (tertiary/aromatic N) is 2. The second kappa shape index (κ2) is 8.27. The van der Waals surface area contributed by atoms with Crippen molar-refractivity contribution in [3.63, 3.8) is 0 Å². The van der Waals surface area contributed by atoms with Crippen LogP contribution in [0.3, 0.4) is 0 Å². The van der Waals surface area contributed by atoms with Gasteiger partial charge in [0.1, 0.15) is 6.26 Å². The van der Waals surface area contributed by atoms with Crippen molar-refractivity contribution in [2.45, 2.75) is 12.6 Å². The first-order valence-electron chi connectivity index (χ1n) is 10.4. The summed E-state index contributed by atoms with van der Waals surface area (Å²) in [5.74, 6) is 0. The molecule has 0 spiro atoms. The average molecular weight is 429 g/mol. The van der Waals surface area contributed by atoms with Gasteiger partial charge in [-0.2, -0.15) is 4.31 Å². The number of benzene rings is 4. The fourth-order valence-electron chi connectivity index (χ4n) is 4.43. The number of aliphatic hydroxyl groups excluding tert-OH is 1. The highest BCUT2D eigenvalue weighted by atomic mass is 32.2. The summed E-state index contributed by atoms with van der Waals surface area (Å²) >= 11 is -1.27. The van der Waals surface area contributed by atoms with Crippen LogP contribution in [0.25, 0.3) is 32.6 Å². The predicted molar refractivity (Wildman–Crippen MR) is 131 cm³/mol. The Labute approximate surface area is 184 Å². The molecule has 156 valence electrons. The number of hydrogen-bond acceptors (Lipinski definition) is 3. The zero-order valence-corrected chi connectivity index (χ0v) is 18.1. The van der Waals surface area contributed by atoms with Gasteiger partial charge in [-0.15, -0.1) is 0 Å². The first kappa shape index (κ1) is 19.9. The summed E-state index contributed by atoms with van der Waals surface area (Å²) in [6, 6.07) is 30.6. The molecule has 1 N–H and O–H groups in total. The molecule has 5 heteroatoms. The maximum absolute atomic E-state index is 12.7. The SMILES string of the molecule is C[S+]([O-])N(CC(O)Cn1c2ccccc2c2ccccc21)c1cccc2ccccc12. The van der Waals surface area contributed by atoms with Crippen molar-refractivity contribution in [2.75, 3.05) is 17.1 Å². The minimum Gasteiger partial charge on any atom is -0.593 e. The Morgan fingerprint density at radius 1 is 0.806 bits per heavy atom. The van der Waals surface area contributed by atoms with Crippen molar-refractivity contribution in [3.8, 4) is 0 Å². The lowest BCUT2D eigenvalue weighted by Crippen LogP contribution is -2.38. The van der Waals surface area contributed by atoms with Crippen LogP contribution in [0.5, 0.6) is 0 Å². The number of anilines is 1. The Morgan fingerprint density at radius 3 is 2.00 bits per heavy atom. The summed E-state index contributed by atoms with van der Waals surface area (Å²) in [7, 11) is 0. The van der Waals surface area contributed by atoms with E-state index < -0.39 is 17.5 Å². The molecule has 1 heterocycles. The smallest absolute Gasteiger partial charge is 0.121 e. The van der Waals surface area contributed by atoms with Crippen LogP contribution in [0.4, 0.5) is 5.69 Å². The Kier molecular flexibility index (Phi) is 5.32. The average Bonchev–Trinajstić information content (AvgIpc) is 3.11. The van der Waals surface area contributed by atoms with Crippen molar-refractivity contribution in [1.82, 2.24) is 4.57 Å². The highest BCUT2D eigenvalue weighted by molar-refractivity contribution is 7.92. The van der Waals surface area contributed by atoms with E-state index in [4.69, 9.17) is 0 Å². The molecule has 4 aromatic carbocycles. The second-order valence-corrected chi connectivity index (χ2v) is 9.07. The van der Waals surface area contributed by atoms with Crippen molar-refractivity contribution in [2.24, 2.45) is 0 Å². The molecule has 0 radical (unpaired) electrons. The molecule has 0 saturated heterocycles. The molecule has 0 saturated carbocycles. The number of aliphatic hydroxyl groups is 1. The Morgan fingerprint density at radius 2 is 1.35 bits per heavy atom. The van der Waals surface area contributed by atoms with E-state index in [0.29, 0.717) is 6.54 Å². The number of rotatable bonds is 6. The van der Waals surface area contributed by atoms with E-state index in [1.807, 2.05) is 66.7 Å². The third-order valence-corrected chi connectivity index (χ3v) is 6.76. The van der Waals surface area contributed by atoms with E-state index in [1.165, 1.54) is 10.8 Å². The first-order valence-corrected chi connectivity index (χ1v) is 11.9. The van der Waals surface area contributed by atoms with Gasteiger partial charge < -0.3 is 14.2 Å². The molecule has 0 fully saturated rings. The molecular formula is C26H24N2O2S. The lowest BCUT2D eigenvalue weighted by atomic mass is 10.1. The number of hydrogen-bond donors (Lipinski definition) is 1. The van der Waals surface area contributed by atoms with Gasteiger partial charge in [0, 0.05) is 27.2 Å². The van der Waals surface area contributed by atoms with Crippen molar-refractivity contribution in [1.29, 1.82) is 0 Å². The van der Waals surface area contributed by atoms with Crippen LogP contribution < -0.4 is 4.31 Å². The Bertz CT molecular complexity index is 1300. The van der Waals surface area contributed by atoms with Crippen LogP contribution in [0.15, 0.2) is 91.0 Å². The van der Waals surface area contributed by atoms with E-state index in [0.717, 1.165) is 27.5 Å². The van der Waals surface area contributed by atoms with Crippen LogP contribution in [0, 0.1) is 0 Å². The molecular weight excluding hydrogens is 404 g/mol. The lowest BCUT2D eigenvalue weighted by molar-refractivity contribution is 0.166. The molecule has 0 bridgehead atoms. The van der Waals surface area contributed by atoms with Crippen LogP contribution in [-0.4, -0.2) is 33.1 Å². The van der Waals surface area contributed by atoms with Gasteiger partial charge >= 0.3 is 0 Å². The Balaban J connectivity index is 1.50. The molecule has 4 nitrogen and oxygen atoms in total. The molecule has 5 aromatic rings. The van der Waals surface area contributed by atoms with E-state index >= 15 is 0 Å². The van der Waals surface area contributed by atoms with Gasteiger partial charge in [0.05, 0.1) is 36.2 Å². The largest absolute Gasteiger partial charge is 0.593 e. The maximum atomic E-state index is 12.7. The van der Waals surface area contributed by atoms with Crippen molar-refractivity contribution >= 4 is 49.6 Å². The number of para-hydroxylation sites is 2. The minimum atomic E-state index is -1.27. The van der Waals surface area contributed by atoms with Gasteiger partial charge in [-0.25, -0.2) is 0 Å². The molecule has 2 unspecified atom stereocenters. The summed E-state index contributed by atoms with van der Waals surface area (Å²) in [4.78, 5) is 0. The Hall–Kier alpha value is -2.99. The topological polar surface area (TPSA) is 51.5 Å². The molecule has 0 aliphatic carbocycles. The number of fused-ring (bicyclic) bond motifs is 4. The zero-order chi connectivity index (χ0) is 21.4. The van der Waals surface area contributed by atoms with E-state index in [-0.39, 0.29) is 6.54 Å². The molecule has 5 rings (SSSR count). The minimum absolute atomic E-state index is 0.276. The van der Waals surface area contributed by atoms with E-state index in [9.17, 15) is 9.66 Å². The third-order valence-electron chi connectivity index (χ3n) is 5.80. The van der Waals surface area contributed by atoms with Crippen LogP contribution in [0.1, 0.15) is 0 Å². The van der Waals surface area contributed by atoms with Gasteiger partial charge in [0.15, 0.2) is 0 Å². The monoisotopic (exact) mass is 428 g/mol. The van der Waals surface area contributed by atoms with E-state index in [2.05, 4.69) is 28.8 Å². The predicted octanol–water partition coefficient (Wildman–Crippen LogP) is 5.11. The molecule has 2 atom stereocenters. The summed E-state index contributed by atoms with van der Waals surface area (Å²) in [6.45, 7) is 0.699. The fraction of sp³-hybridized carbons (Fsp3) is 0.154. The normalized spacial score (nSPS) is 13.6. The fourth-order valence-corrected chi connectivity index (χ4v) is 5.25. The van der Waals surface area contributed by atoms with Gasteiger partial charge in [0.25, 0.3) is 0 Å². The van der Waals surface area contributed by atoms with Crippen LogP contribution >= 0.6 is 0 Å². The zero-order valence-electron chi connectivity index (χ0n) is 17.3. The number of aromatic nitrogens is 1. The molecule has 31 heavy (non-hydrogen) atoms. The van der Waals surface area contributed by atoms with Crippen molar-refractivity contribution < 1.29 is 9.66 Å². The van der Waals surface area contributed by atoms with Crippen LogP contribution in [-0.2, 0) is 17.9 Å². The molecule has 1 aromatic heterocycles. The maximum Gasteiger partial charge on any atom is 0.121 e. The quantitative estimate of drug-likeness (QED) is 0.383. The molecule has 0 aliphatic heterocycles. The highest BCUT2D eigenvalue weighted by Gasteiger charge is 2.23. The summed E-state index contributed by atoms with van der Waals surface area (Å²) in [5.41, 5.74) is 3.06. The summed E-state index contributed by atoms with van der Waals surface area (Å²) in [6.07, 6.45) is 0.969.